The monoisotopic (exact) mass is 443 g/mol. The van der Waals surface area contributed by atoms with E-state index in [1.165, 1.54) is 40.4 Å². The zero-order valence-electron chi connectivity index (χ0n) is 19.2. The Labute approximate surface area is 187 Å². The van der Waals surface area contributed by atoms with Crippen molar-refractivity contribution < 1.29 is 33.3 Å². The van der Waals surface area contributed by atoms with E-state index in [1.807, 2.05) is 26.0 Å². The number of ether oxygens (including phenoxy) is 4. The minimum atomic E-state index is -1.000. The lowest BCUT2D eigenvalue weighted by Gasteiger charge is -2.15. The zero-order valence-corrected chi connectivity index (χ0v) is 19.2. The lowest BCUT2D eigenvalue weighted by atomic mass is 10.1. The van der Waals surface area contributed by atoms with Gasteiger partial charge >= 0.3 is 5.97 Å². The predicted molar refractivity (Wildman–Crippen MR) is 120 cm³/mol. The summed E-state index contributed by atoms with van der Waals surface area (Å²) in [5.41, 5.74) is 3.09. The number of benzene rings is 2. The third-order valence-electron chi connectivity index (χ3n) is 4.99. The quantitative estimate of drug-likeness (QED) is 0.440. The molecule has 2 aromatic carbocycles. The van der Waals surface area contributed by atoms with E-state index in [0.717, 1.165) is 11.1 Å². The molecule has 0 aliphatic heterocycles. The number of carbonyl (C=O) groups is 3. The van der Waals surface area contributed by atoms with Crippen LogP contribution < -0.4 is 19.5 Å². The van der Waals surface area contributed by atoms with Crippen molar-refractivity contribution in [2.24, 2.45) is 0 Å². The molecule has 0 spiro atoms. The average molecular weight is 443 g/mol. The number of methoxy groups -OCH3 is 3. The van der Waals surface area contributed by atoms with Crippen LogP contribution >= 0.6 is 0 Å². The molecule has 0 aliphatic carbocycles. The molecule has 2 rings (SSSR count). The Balaban J connectivity index is 1.93. The van der Waals surface area contributed by atoms with Crippen LogP contribution in [0.4, 0.5) is 5.69 Å². The molecule has 1 unspecified atom stereocenters. The number of aryl methyl sites for hydroxylation is 2. The van der Waals surface area contributed by atoms with Crippen molar-refractivity contribution in [3.63, 3.8) is 0 Å². The third kappa shape index (κ3) is 6.23. The molecule has 2 aromatic rings. The van der Waals surface area contributed by atoms with E-state index in [9.17, 15) is 14.4 Å². The minimum absolute atomic E-state index is 0.0943. The highest BCUT2D eigenvalue weighted by molar-refractivity contribution is 5.99. The van der Waals surface area contributed by atoms with Gasteiger partial charge in [-0.05, 0) is 56.2 Å². The van der Waals surface area contributed by atoms with Gasteiger partial charge in [0, 0.05) is 17.7 Å². The van der Waals surface area contributed by atoms with Gasteiger partial charge in [0.25, 0.3) is 5.91 Å². The van der Waals surface area contributed by atoms with Crippen molar-refractivity contribution in [2.45, 2.75) is 39.7 Å². The van der Waals surface area contributed by atoms with Crippen molar-refractivity contribution in [2.75, 3.05) is 26.6 Å². The predicted octanol–water partition coefficient (Wildman–Crippen LogP) is 3.86. The van der Waals surface area contributed by atoms with Gasteiger partial charge in [0.1, 0.15) is 0 Å². The van der Waals surface area contributed by atoms with Crippen LogP contribution in [-0.2, 0) is 14.3 Å². The Morgan fingerprint density at radius 1 is 0.875 bits per heavy atom. The second-order valence-corrected chi connectivity index (χ2v) is 7.26. The molecule has 0 fully saturated rings. The largest absolute Gasteiger partial charge is 0.493 e. The van der Waals surface area contributed by atoms with Gasteiger partial charge in [0.15, 0.2) is 23.4 Å². The van der Waals surface area contributed by atoms with Crippen molar-refractivity contribution in [3.05, 3.63) is 47.0 Å². The van der Waals surface area contributed by atoms with Gasteiger partial charge in [-0.25, -0.2) is 0 Å². The first-order valence-corrected chi connectivity index (χ1v) is 10.1. The number of hydrogen-bond donors (Lipinski definition) is 1. The summed E-state index contributed by atoms with van der Waals surface area (Å²) < 4.78 is 20.9. The number of amides is 1. The summed E-state index contributed by atoms with van der Waals surface area (Å²) in [5.74, 6) is -0.335. The van der Waals surface area contributed by atoms with Crippen LogP contribution in [0.5, 0.6) is 17.2 Å². The van der Waals surface area contributed by atoms with Crippen LogP contribution in [0.2, 0.25) is 0 Å². The highest BCUT2D eigenvalue weighted by atomic mass is 16.5. The topological polar surface area (TPSA) is 100 Å². The van der Waals surface area contributed by atoms with Gasteiger partial charge in [0.2, 0.25) is 5.75 Å². The van der Waals surface area contributed by atoms with Crippen molar-refractivity contribution >= 4 is 23.3 Å². The number of carbonyl (C=O) groups excluding carboxylic acids is 3. The van der Waals surface area contributed by atoms with Crippen LogP contribution in [0.3, 0.4) is 0 Å². The molecule has 0 bridgehead atoms. The summed E-state index contributed by atoms with van der Waals surface area (Å²) in [6, 6.07) is 8.57. The Morgan fingerprint density at radius 3 is 2.03 bits per heavy atom. The molecule has 32 heavy (non-hydrogen) atoms. The average Bonchev–Trinajstić information content (AvgIpc) is 2.78. The van der Waals surface area contributed by atoms with E-state index in [0.29, 0.717) is 28.5 Å². The molecule has 8 heteroatoms. The summed E-state index contributed by atoms with van der Waals surface area (Å²) in [6.45, 7) is 5.40. The lowest BCUT2D eigenvalue weighted by Crippen LogP contribution is -2.30. The zero-order chi connectivity index (χ0) is 23.8. The van der Waals surface area contributed by atoms with Gasteiger partial charge in [-0.1, -0.05) is 6.07 Å². The molecule has 0 heterocycles. The SMILES string of the molecule is COc1cc(C(=O)CCC(=O)OC(C)C(=O)Nc2ccc(C)c(C)c2)cc(OC)c1OC. The van der Waals surface area contributed by atoms with E-state index in [-0.39, 0.29) is 18.6 Å². The molecule has 172 valence electrons. The number of anilines is 1. The summed E-state index contributed by atoms with van der Waals surface area (Å²) in [5, 5.41) is 2.72. The molecule has 0 radical (unpaired) electrons. The van der Waals surface area contributed by atoms with E-state index < -0.39 is 18.0 Å². The molecule has 0 saturated carbocycles. The molecule has 1 amide bonds. The van der Waals surface area contributed by atoms with Crippen molar-refractivity contribution in [1.29, 1.82) is 0 Å². The number of Topliss-reactive ketones (excluding diaryl/α,β-unsaturated/α-hetero) is 1. The molecule has 1 atom stereocenters. The number of esters is 1. The van der Waals surface area contributed by atoms with E-state index in [4.69, 9.17) is 18.9 Å². The Hall–Kier alpha value is -3.55. The van der Waals surface area contributed by atoms with Crippen LogP contribution in [0.25, 0.3) is 0 Å². The highest BCUT2D eigenvalue weighted by Crippen LogP contribution is 2.38. The molecular weight excluding hydrogens is 414 g/mol. The standard InChI is InChI=1S/C24H29NO7/c1-14-7-8-18(11-15(14)2)25-24(28)16(3)32-22(27)10-9-19(26)17-12-20(29-4)23(31-6)21(13-17)30-5/h7-8,11-13,16H,9-10H2,1-6H3,(H,25,28). The molecule has 0 aromatic heterocycles. The summed E-state index contributed by atoms with van der Waals surface area (Å²) >= 11 is 0. The lowest BCUT2D eigenvalue weighted by molar-refractivity contribution is -0.153. The van der Waals surface area contributed by atoms with Crippen molar-refractivity contribution in [1.82, 2.24) is 0 Å². The van der Waals surface area contributed by atoms with E-state index in [1.54, 1.807) is 6.07 Å². The van der Waals surface area contributed by atoms with Gasteiger partial charge in [-0.15, -0.1) is 0 Å². The maximum absolute atomic E-state index is 12.6. The highest BCUT2D eigenvalue weighted by Gasteiger charge is 2.21. The van der Waals surface area contributed by atoms with Gasteiger partial charge in [0.05, 0.1) is 27.8 Å². The normalized spacial score (nSPS) is 11.3. The van der Waals surface area contributed by atoms with Crippen LogP contribution in [0.1, 0.15) is 41.3 Å². The van der Waals surface area contributed by atoms with Crippen LogP contribution in [-0.4, -0.2) is 45.1 Å². The molecule has 1 N–H and O–H groups in total. The smallest absolute Gasteiger partial charge is 0.307 e. The van der Waals surface area contributed by atoms with Gasteiger partial charge in [-0.2, -0.15) is 0 Å². The fraction of sp³-hybridized carbons (Fsp3) is 0.375. The van der Waals surface area contributed by atoms with E-state index in [2.05, 4.69) is 5.32 Å². The van der Waals surface area contributed by atoms with Crippen LogP contribution in [0, 0.1) is 13.8 Å². The molecule has 0 saturated heterocycles. The number of rotatable bonds is 10. The van der Waals surface area contributed by atoms with Crippen molar-refractivity contribution in [3.8, 4) is 17.2 Å². The summed E-state index contributed by atoms with van der Waals surface area (Å²) in [6.07, 6.45) is -1.26. The van der Waals surface area contributed by atoms with Crippen LogP contribution in [0.15, 0.2) is 30.3 Å². The first-order valence-electron chi connectivity index (χ1n) is 10.1. The molecular formula is C24H29NO7. The number of nitrogens with one attached hydrogen (secondary N) is 1. The molecule has 0 aliphatic rings. The summed E-state index contributed by atoms with van der Waals surface area (Å²) in [7, 11) is 4.37. The fourth-order valence-corrected chi connectivity index (χ4v) is 2.97. The summed E-state index contributed by atoms with van der Waals surface area (Å²) in [4.78, 5) is 37.0. The third-order valence-corrected chi connectivity index (χ3v) is 4.99. The number of ketones is 1. The maximum Gasteiger partial charge on any atom is 0.307 e. The van der Waals surface area contributed by atoms with E-state index >= 15 is 0 Å². The maximum atomic E-state index is 12.6. The second kappa shape index (κ2) is 11.2. The minimum Gasteiger partial charge on any atom is -0.493 e. The Morgan fingerprint density at radius 2 is 1.50 bits per heavy atom. The fourth-order valence-electron chi connectivity index (χ4n) is 2.97. The second-order valence-electron chi connectivity index (χ2n) is 7.26. The first kappa shape index (κ1) is 24.7. The Bertz CT molecular complexity index is 975. The first-order chi connectivity index (χ1) is 15.2. The Kier molecular flexibility index (Phi) is 8.63. The van der Waals surface area contributed by atoms with Gasteiger partial charge in [-0.3, -0.25) is 14.4 Å². The van der Waals surface area contributed by atoms with Gasteiger partial charge < -0.3 is 24.3 Å². The number of hydrogen-bond acceptors (Lipinski definition) is 7. The molecule has 8 nitrogen and oxygen atoms in total.